The van der Waals surface area contributed by atoms with E-state index in [4.69, 9.17) is 16.3 Å². The summed E-state index contributed by atoms with van der Waals surface area (Å²) in [6.45, 7) is 0.141. The predicted molar refractivity (Wildman–Crippen MR) is 79.3 cm³/mol. The van der Waals surface area contributed by atoms with Crippen LogP contribution in [0.3, 0.4) is 0 Å². The van der Waals surface area contributed by atoms with Crippen LogP contribution in [0.4, 0.5) is 4.39 Å². The average Bonchev–Trinajstić information content (AvgIpc) is 2.97. The predicted octanol–water partition coefficient (Wildman–Crippen LogP) is 3.15. The Hall–Kier alpha value is -2.47. The van der Waals surface area contributed by atoms with E-state index in [0.717, 1.165) is 0 Å². The lowest BCUT2D eigenvalue weighted by Crippen LogP contribution is -2.00. The van der Waals surface area contributed by atoms with Crippen molar-refractivity contribution in [2.24, 2.45) is 0 Å². The van der Waals surface area contributed by atoms with Crippen molar-refractivity contribution in [2.45, 2.75) is 12.0 Å². The van der Waals surface area contributed by atoms with Crippen molar-refractivity contribution in [2.75, 3.05) is 0 Å². The second kappa shape index (κ2) is 6.11. The molecule has 7 heteroatoms. The Kier molecular flexibility index (Phi) is 4.02. The number of carbonyl (C=O) groups excluding carboxylic acids is 1. The number of hydrogen-bond acceptors (Lipinski definition) is 4. The minimum Gasteiger partial charge on any atom is -0.472 e. The fourth-order valence-corrected chi connectivity index (χ4v) is 2.31. The summed E-state index contributed by atoms with van der Waals surface area (Å²) < 4.78 is 18.8. The van der Waals surface area contributed by atoms with Gasteiger partial charge in [-0.25, -0.2) is 14.4 Å². The maximum Gasteiger partial charge on any atom is 0.226 e. The number of rotatable bonds is 5. The SMILES string of the molecule is O=CC(Cl)c1c[nH]c2ncnc(OCc3cccc(F)c3)c12. The van der Waals surface area contributed by atoms with Crippen molar-refractivity contribution in [3.05, 3.63) is 53.7 Å². The van der Waals surface area contributed by atoms with Gasteiger partial charge in [0.2, 0.25) is 5.88 Å². The van der Waals surface area contributed by atoms with Gasteiger partial charge in [0.15, 0.2) is 0 Å². The van der Waals surface area contributed by atoms with Crippen LogP contribution in [-0.2, 0) is 11.4 Å². The first kappa shape index (κ1) is 14.5. The summed E-state index contributed by atoms with van der Waals surface area (Å²) in [5.41, 5.74) is 1.73. The lowest BCUT2D eigenvalue weighted by atomic mass is 10.2. The van der Waals surface area contributed by atoms with E-state index in [1.54, 1.807) is 18.3 Å². The number of alkyl halides is 1. The third kappa shape index (κ3) is 2.78. The Morgan fingerprint density at radius 1 is 1.41 bits per heavy atom. The van der Waals surface area contributed by atoms with E-state index in [9.17, 15) is 9.18 Å². The van der Waals surface area contributed by atoms with E-state index in [0.29, 0.717) is 28.4 Å². The van der Waals surface area contributed by atoms with Gasteiger partial charge in [-0.15, -0.1) is 11.6 Å². The summed E-state index contributed by atoms with van der Waals surface area (Å²) in [6, 6.07) is 6.09. The van der Waals surface area contributed by atoms with Gasteiger partial charge in [0.25, 0.3) is 0 Å². The first-order valence-electron chi connectivity index (χ1n) is 6.47. The van der Waals surface area contributed by atoms with Gasteiger partial charge in [-0.3, -0.25) is 0 Å². The summed E-state index contributed by atoms with van der Waals surface area (Å²) in [6.07, 6.45) is 3.56. The molecular formula is C15H11ClFN3O2. The molecule has 0 aliphatic heterocycles. The zero-order valence-electron chi connectivity index (χ0n) is 11.3. The van der Waals surface area contributed by atoms with Crippen LogP contribution in [0.5, 0.6) is 5.88 Å². The number of nitrogens with one attached hydrogen (secondary N) is 1. The minimum absolute atomic E-state index is 0.141. The van der Waals surface area contributed by atoms with E-state index in [-0.39, 0.29) is 18.3 Å². The molecule has 0 amide bonds. The van der Waals surface area contributed by atoms with Gasteiger partial charge in [0, 0.05) is 11.8 Å². The van der Waals surface area contributed by atoms with E-state index in [1.807, 2.05) is 0 Å². The van der Waals surface area contributed by atoms with Gasteiger partial charge in [0.1, 0.15) is 36.1 Å². The molecule has 0 bridgehead atoms. The summed E-state index contributed by atoms with van der Waals surface area (Å²) in [4.78, 5) is 22.0. The number of ether oxygens (including phenoxy) is 1. The van der Waals surface area contributed by atoms with Crippen molar-refractivity contribution >= 4 is 28.9 Å². The van der Waals surface area contributed by atoms with Crippen LogP contribution in [0.2, 0.25) is 0 Å². The number of nitrogens with zero attached hydrogens (tertiary/aromatic N) is 2. The molecule has 1 aromatic carbocycles. The summed E-state index contributed by atoms with van der Waals surface area (Å²) in [5.74, 6) is -0.0453. The largest absolute Gasteiger partial charge is 0.472 e. The first-order valence-corrected chi connectivity index (χ1v) is 6.91. The highest BCUT2D eigenvalue weighted by molar-refractivity contribution is 6.28. The topological polar surface area (TPSA) is 67.9 Å². The fraction of sp³-hybridized carbons (Fsp3) is 0.133. The Morgan fingerprint density at radius 3 is 3.05 bits per heavy atom. The zero-order valence-corrected chi connectivity index (χ0v) is 12.0. The molecule has 3 rings (SSSR count). The molecule has 1 N–H and O–H groups in total. The Balaban J connectivity index is 1.93. The Labute approximate surface area is 130 Å². The molecule has 1 unspecified atom stereocenters. The van der Waals surface area contributed by atoms with Gasteiger partial charge in [-0.05, 0) is 17.7 Å². The molecule has 0 fully saturated rings. The van der Waals surface area contributed by atoms with Gasteiger partial charge >= 0.3 is 0 Å². The molecule has 0 saturated carbocycles. The molecule has 112 valence electrons. The van der Waals surface area contributed by atoms with E-state index < -0.39 is 5.38 Å². The number of benzene rings is 1. The quantitative estimate of drug-likeness (QED) is 0.579. The number of H-pyrrole nitrogens is 1. The number of fused-ring (bicyclic) bond motifs is 1. The monoisotopic (exact) mass is 319 g/mol. The summed E-state index contributed by atoms with van der Waals surface area (Å²) >= 11 is 5.97. The summed E-state index contributed by atoms with van der Waals surface area (Å²) in [5, 5.41) is -0.276. The smallest absolute Gasteiger partial charge is 0.226 e. The van der Waals surface area contributed by atoms with Gasteiger partial charge in [0.05, 0.1) is 5.39 Å². The maximum absolute atomic E-state index is 13.2. The molecule has 0 aliphatic carbocycles. The number of aromatic amines is 1. The molecule has 0 spiro atoms. The van der Waals surface area contributed by atoms with Crippen molar-refractivity contribution in [3.8, 4) is 5.88 Å². The molecule has 0 radical (unpaired) electrons. The molecule has 1 atom stereocenters. The van der Waals surface area contributed by atoms with E-state index >= 15 is 0 Å². The average molecular weight is 320 g/mol. The van der Waals surface area contributed by atoms with Gasteiger partial charge in [-0.2, -0.15) is 0 Å². The number of aromatic nitrogens is 3. The zero-order chi connectivity index (χ0) is 15.5. The highest BCUT2D eigenvalue weighted by Gasteiger charge is 2.18. The summed E-state index contributed by atoms with van der Waals surface area (Å²) in [7, 11) is 0. The van der Waals surface area contributed by atoms with Crippen LogP contribution in [0, 0.1) is 5.82 Å². The van der Waals surface area contributed by atoms with E-state index in [2.05, 4.69) is 15.0 Å². The maximum atomic E-state index is 13.2. The highest BCUT2D eigenvalue weighted by Crippen LogP contribution is 2.31. The van der Waals surface area contributed by atoms with Crippen molar-refractivity contribution in [3.63, 3.8) is 0 Å². The van der Waals surface area contributed by atoms with Crippen LogP contribution in [0.15, 0.2) is 36.8 Å². The van der Waals surface area contributed by atoms with Gasteiger partial charge in [-0.1, -0.05) is 12.1 Å². The molecule has 3 aromatic rings. The minimum atomic E-state index is -0.823. The van der Waals surface area contributed by atoms with Crippen molar-refractivity contribution < 1.29 is 13.9 Å². The van der Waals surface area contributed by atoms with Gasteiger partial charge < -0.3 is 14.5 Å². The van der Waals surface area contributed by atoms with Crippen LogP contribution >= 0.6 is 11.6 Å². The van der Waals surface area contributed by atoms with Crippen LogP contribution < -0.4 is 4.74 Å². The Morgan fingerprint density at radius 2 is 2.27 bits per heavy atom. The molecule has 2 aromatic heterocycles. The number of hydrogen-bond donors (Lipinski definition) is 1. The fourth-order valence-electron chi connectivity index (χ4n) is 2.14. The number of aldehydes is 1. The second-order valence-corrected chi connectivity index (χ2v) is 5.07. The van der Waals surface area contributed by atoms with Crippen LogP contribution in [-0.4, -0.2) is 21.2 Å². The molecule has 5 nitrogen and oxygen atoms in total. The molecule has 0 aliphatic rings. The van der Waals surface area contributed by atoms with Crippen molar-refractivity contribution in [1.29, 1.82) is 0 Å². The van der Waals surface area contributed by atoms with Crippen molar-refractivity contribution in [1.82, 2.24) is 15.0 Å². The van der Waals surface area contributed by atoms with E-state index in [1.165, 1.54) is 18.5 Å². The standard InChI is InChI=1S/C15H11ClFN3O2/c16-12(6-21)11-5-18-14-13(11)15(20-8-19-14)22-7-9-2-1-3-10(17)4-9/h1-6,8,12H,7H2,(H,18,19,20). The lowest BCUT2D eigenvalue weighted by Gasteiger charge is -2.08. The first-order chi connectivity index (χ1) is 10.7. The van der Waals surface area contributed by atoms with Crippen LogP contribution in [0.25, 0.3) is 11.0 Å². The molecular weight excluding hydrogens is 309 g/mol. The molecule has 22 heavy (non-hydrogen) atoms. The normalized spacial score (nSPS) is 12.3. The van der Waals surface area contributed by atoms with Crippen LogP contribution in [0.1, 0.15) is 16.5 Å². The number of carbonyl (C=O) groups is 1. The second-order valence-electron chi connectivity index (χ2n) is 4.60. The Bertz CT molecular complexity index is 821. The highest BCUT2D eigenvalue weighted by atomic mass is 35.5. The molecule has 2 heterocycles. The number of halogens is 2. The molecule has 0 saturated heterocycles. The lowest BCUT2D eigenvalue weighted by molar-refractivity contribution is -0.107. The third-order valence-electron chi connectivity index (χ3n) is 3.15. The third-order valence-corrected chi connectivity index (χ3v) is 3.48.